The molecular weight excluding hydrogens is 242 g/mol. The van der Waals surface area contributed by atoms with Crippen LogP contribution >= 0.6 is 0 Å². The Labute approximate surface area is 115 Å². The third kappa shape index (κ3) is 2.65. The monoisotopic (exact) mass is 267 g/mol. The van der Waals surface area contributed by atoms with Gasteiger partial charge in [0.15, 0.2) is 0 Å². The van der Waals surface area contributed by atoms with Crippen LogP contribution in [0.2, 0.25) is 0 Å². The molecule has 0 aromatic carbocycles. The first-order valence-corrected chi connectivity index (χ1v) is 7.78. The molecule has 0 bridgehead atoms. The first-order chi connectivity index (χ1) is 9.19. The number of nitrogens with zero attached hydrogens (tertiary/aromatic N) is 1. The summed E-state index contributed by atoms with van der Waals surface area (Å²) in [5, 5.41) is 10.6. The van der Waals surface area contributed by atoms with Crippen molar-refractivity contribution in [3.63, 3.8) is 0 Å². The molecule has 4 heteroatoms. The summed E-state index contributed by atoms with van der Waals surface area (Å²) in [6.07, 6.45) is 6.85. The lowest BCUT2D eigenvalue weighted by molar-refractivity contribution is -0.150. The number of carbonyl (C=O) groups excluding carboxylic acids is 1. The number of likely N-dealkylation sites (tertiary alicyclic amines) is 1. The second-order valence-electron chi connectivity index (χ2n) is 6.47. The highest BCUT2D eigenvalue weighted by Gasteiger charge is 2.44. The largest absolute Gasteiger partial charge is 0.389 e. The molecule has 0 aromatic rings. The number of hydrogen-bond donors (Lipinski definition) is 1. The average Bonchev–Trinajstić information content (AvgIpc) is 2.46. The summed E-state index contributed by atoms with van der Waals surface area (Å²) in [4.78, 5) is 14.5. The highest BCUT2D eigenvalue weighted by Crippen LogP contribution is 2.40. The van der Waals surface area contributed by atoms with Crippen molar-refractivity contribution < 1.29 is 14.6 Å². The Morgan fingerprint density at radius 3 is 2.74 bits per heavy atom. The van der Waals surface area contributed by atoms with Crippen LogP contribution in [0.3, 0.4) is 0 Å². The van der Waals surface area contributed by atoms with Crippen LogP contribution in [-0.2, 0) is 9.53 Å². The molecule has 1 N–H and O–H groups in total. The van der Waals surface area contributed by atoms with Crippen molar-refractivity contribution in [3.05, 3.63) is 0 Å². The first-order valence-electron chi connectivity index (χ1n) is 7.78. The normalized spacial score (nSPS) is 36.9. The molecular formula is C15H25NO3. The van der Waals surface area contributed by atoms with Gasteiger partial charge in [0.1, 0.15) is 0 Å². The van der Waals surface area contributed by atoms with Gasteiger partial charge in [0.25, 0.3) is 0 Å². The van der Waals surface area contributed by atoms with E-state index >= 15 is 0 Å². The van der Waals surface area contributed by atoms with E-state index in [1.54, 1.807) is 0 Å². The Bertz CT molecular complexity index is 340. The molecule has 2 unspecified atom stereocenters. The molecule has 4 nitrogen and oxygen atoms in total. The van der Waals surface area contributed by atoms with Gasteiger partial charge in [-0.1, -0.05) is 12.8 Å². The van der Waals surface area contributed by atoms with Crippen LogP contribution in [0, 0.1) is 11.8 Å². The summed E-state index contributed by atoms with van der Waals surface area (Å²) in [5.74, 6) is 0.762. The molecule has 1 aliphatic carbocycles. The van der Waals surface area contributed by atoms with Gasteiger partial charge in [0, 0.05) is 38.1 Å². The van der Waals surface area contributed by atoms with Crippen molar-refractivity contribution in [2.24, 2.45) is 11.8 Å². The molecule has 1 amide bonds. The zero-order chi connectivity index (χ0) is 13.3. The summed E-state index contributed by atoms with van der Waals surface area (Å²) in [6, 6.07) is 0. The zero-order valence-corrected chi connectivity index (χ0v) is 11.6. The van der Waals surface area contributed by atoms with Crippen molar-refractivity contribution >= 4 is 5.91 Å². The van der Waals surface area contributed by atoms with Crippen LogP contribution < -0.4 is 0 Å². The lowest BCUT2D eigenvalue weighted by Gasteiger charge is -2.48. The maximum Gasteiger partial charge on any atom is 0.225 e. The second kappa shape index (κ2) is 5.41. The number of carbonyl (C=O) groups is 1. The van der Waals surface area contributed by atoms with Gasteiger partial charge in [-0.25, -0.2) is 0 Å². The maximum absolute atomic E-state index is 12.5. The molecule has 0 spiro atoms. The second-order valence-corrected chi connectivity index (χ2v) is 6.47. The van der Waals surface area contributed by atoms with Gasteiger partial charge in [-0.05, 0) is 32.1 Å². The molecule has 1 saturated carbocycles. The minimum Gasteiger partial charge on any atom is -0.389 e. The summed E-state index contributed by atoms with van der Waals surface area (Å²) in [7, 11) is 0. The first kappa shape index (κ1) is 13.4. The number of amides is 1. The van der Waals surface area contributed by atoms with Crippen LogP contribution in [-0.4, -0.2) is 47.8 Å². The van der Waals surface area contributed by atoms with Crippen molar-refractivity contribution in [1.29, 1.82) is 0 Å². The fourth-order valence-electron chi connectivity index (χ4n) is 3.97. The Balaban J connectivity index is 1.62. The fourth-order valence-corrected chi connectivity index (χ4v) is 3.97. The number of rotatable bonds is 1. The molecule has 3 rings (SSSR count). The van der Waals surface area contributed by atoms with E-state index in [0.717, 1.165) is 64.8 Å². The fraction of sp³-hybridized carbons (Fsp3) is 0.933. The standard InChI is InChI=1S/C15H25NO3/c17-14(12-4-9-19-10-5-12)16-8-7-15(18)6-2-1-3-13(15)11-16/h12-13,18H,1-11H2. The maximum atomic E-state index is 12.5. The Morgan fingerprint density at radius 2 is 1.95 bits per heavy atom. The van der Waals surface area contributed by atoms with E-state index in [1.807, 2.05) is 4.90 Å². The predicted octanol–water partition coefficient (Wildman–Crippen LogP) is 1.57. The predicted molar refractivity (Wildman–Crippen MR) is 71.6 cm³/mol. The van der Waals surface area contributed by atoms with Gasteiger partial charge < -0.3 is 14.7 Å². The Hall–Kier alpha value is -0.610. The molecule has 2 saturated heterocycles. The molecule has 2 heterocycles. The van der Waals surface area contributed by atoms with Crippen LogP contribution in [0.5, 0.6) is 0 Å². The lowest BCUT2D eigenvalue weighted by atomic mass is 9.71. The van der Waals surface area contributed by atoms with Crippen molar-refractivity contribution in [2.45, 2.75) is 50.5 Å². The lowest BCUT2D eigenvalue weighted by Crippen LogP contribution is -2.55. The van der Waals surface area contributed by atoms with Crippen molar-refractivity contribution in [1.82, 2.24) is 4.90 Å². The van der Waals surface area contributed by atoms with Gasteiger partial charge in [-0.15, -0.1) is 0 Å². The number of ether oxygens (including phenoxy) is 1. The quantitative estimate of drug-likeness (QED) is 0.784. The Morgan fingerprint density at radius 1 is 1.16 bits per heavy atom. The molecule has 3 fully saturated rings. The number of piperidine rings is 1. The highest BCUT2D eigenvalue weighted by atomic mass is 16.5. The number of fused-ring (bicyclic) bond motifs is 1. The molecule has 3 aliphatic rings. The van der Waals surface area contributed by atoms with E-state index in [1.165, 1.54) is 6.42 Å². The number of aliphatic hydroxyl groups is 1. The SMILES string of the molecule is O=C(C1CCOCC1)N1CCC2(O)CCCCC2C1. The van der Waals surface area contributed by atoms with E-state index in [9.17, 15) is 9.90 Å². The van der Waals surface area contributed by atoms with Crippen molar-refractivity contribution in [2.75, 3.05) is 26.3 Å². The summed E-state index contributed by atoms with van der Waals surface area (Å²) < 4.78 is 5.33. The topological polar surface area (TPSA) is 49.8 Å². The molecule has 108 valence electrons. The Kier molecular flexibility index (Phi) is 3.81. The van der Waals surface area contributed by atoms with E-state index in [-0.39, 0.29) is 5.92 Å². The van der Waals surface area contributed by atoms with Gasteiger partial charge in [-0.2, -0.15) is 0 Å². The summed E-state index contributed by atoms with van der Waals surface area (Å²) in [6.45, 7) is 2.95. The van der Waals surface area contributed by atoms with Crippen LogP contribution in [0.4, 0.5) is 0 Å². The van der Waals surface area contributed by atoms with Crippen LogP contribution in [0.25, 0.3) is 0 Å². The zero-order valence-electron chi connectivity index (χ0n) is 11.6. The molecule has 19 heavy (non-hydrogen) atoms. The van der Waals surface area contributed by atoms with Crippen molar-refractivity contribution in [3.8, 4) is 0 Å². The van der Waals surface area contributed by atoms with Gasteiger partial charge in [-0.3, -0.25) is 4.79 Å². The minimum absolute atomic E-state index is 0.156. The molecule has 2 aliphatic heterocycles. The average molecular weight is 267 g/mol. The van der Waals surface area contributed by atoms with E-state index in [4.69, 9.17) is 4.74 Å². The molecule has 2 atom stereocenters. The van der Waals surface area contributed by atoms with Gasteiger partial charge in [0.05, 0.1) is 5.60 Å². The van der Waals surface area contributed by atoms with Gasteiger partial charge in [0.2, 0.25) is 5.91 Å². The summed E-state index contributed by atoms with van der Waals surface area (Å²) >= 11 is 0. The van der Waals surface area contributed by atoms with Crippen LogP contribution in [0.1, 0.15) is 44.9 Å². The third-order valence-electron chi connectivity index (χ3n) is 5.31. The summed E-state index contributed by atoms with van der Waals surface area (Å²) in [5.41, 5.74) is -0.481. The van der Waals surface area contributed by atoms with Gasteiger partial charge >= 0.3 is 0 Å². The molecule has 0 aromatic heterocycles. The number of hydrogen-bond acceptors (Lipinski definition) is 3. The van der Waals surface area contributed by atoms with E-state index in [2.05, 4.69) is 0 Å². The third-order valence-corrected chi connectivity index (χ3v) is 5.31. The minimum atomic E-state index is -0.481. The highest BCUT2D eigenvalue weighted by molar-refractivity contribution is 5.79. The molecule has 0 radical (unpaired) electrons. The van der Waals surface area contributed by atoms with Crippen LogP contribution in [0.15, 0.2) is 0 Å². The van der Waals surface area contributed by atoms with E-state index < -0.39 is 5.60 Å². The smallest absolute Gasteiger partial charge is 0.225 e. The van der Waals surface area contributed by atoms with E-state index in [0.29, 0.717) is 11.8 Å².